The summed E-state index contributed by atoms with van der Waals surface area (Å²) >= 11 is 3.41. The molecule has 13 heavy (non-hydrogen) atoms. The zero-order chi connectivity index (χ0) is 9.42. The van der Waals surface area contributed by atoms with Crippen LogP contribution >= 0.6 is 15.9 Å². The van der Waals surface area contributed by atoms with Crippen LogP contribution in [0.3, 0.4) is 0 Å². The summed E-state index contributed by atoms with van der Waals surface area (Å²) in [4.78, 5) is 11.0. The van der Waals surface area contributed by atoms with E-state index in [-0.39, 0.29) is 5.78 Å². The third kappa shape index (κ3) is 1.46. The highest BCUT2D eigenvalue weighted by atomic mass is 79.9. The van der Waals surface area contributed by atoms with Gasteiger partial charge in [-0.2, -0.15) is 5.10 Å². The van der Waals surface area contributed by atoms with Crippen LogP contribution in [0.25, 0.3) is 5.57 Å². The van der Waals surface area contributed by atoms with Crippen LogP contribution < -0.4 is 0 Å². The molecule has 0 aromatic carbocycles. The van der Waals surface area contributed by atoms with Gasteiger partial charge in [0.1, 0.15) is 0 Å². The van der Waals surface area contributed by atoms with E-state index in [4.69, 9.17) is 0 Å². The van der Waals surface area contributed by atoms with E-state index in [0.29, 0.717) is 6.42 Å². The average Bonchev–Trinajstić information content (AvgIpc) is 2.60. The fraction of sp³-hybridized carbons (Fsp3) is 0.333. The Morgan fingerprint density at radius 3 is 2.77 bits per heavy atom. The molecule has 0 saturated heterocycles. The SMILES string of the molecule is Cn1ncc(Br)c1C1=CC(=O)CC1. The van der Waals surface area contributed by atoms with Gasteiger partial charge in [0.2, 0.25) is 0 Å². The Labute approximate surface area is 84.6 Å². The van der Waals surface area contributed by atoms with E-state index in [9.17, 15) is 4.79 Å². The second kappa shape index (κ2) is 3.10. The number of rotatable bonds is 1. The van der Waals surface area contributed by atoms with Gasteiger partial charge < -0.3 is 0 Å². The smallest absolute Gasteiger partial charge is 0.156 e. The first-order valence-corrected chi connectivity index (χ1v) is 4.89. The molecule has 0 atom stereocenters. The van der Waals surface area contributed by atoms with Crippen molar-refractivity contribution in [2.45, 2.75) is 12.8 Å². The Bertz CT molecular complexity index is 373. The van der Waals surface area contributed by atoms with Crippen molar-refractivity contribution in [1.29, 1.82) is 0 Å². The molecule has 1 aromatic heterocycles. The maximum Gasteiger partial charge on any atom is 0.156 e. The molecule has 1 aromatic rings. The number of halogens is 1. The van der Waals surface area contributed by atoms with Gasteiger partial charge in [-0.3, -0.25) is 9.48 Å². The largest absolute Gasteiger partial charge is 0.295 e. The van der Waals surface area contributed by atoms with Crippen LogP contribution in [0, 0.1) is 0 Å². The summed E-state index contributed by atoms with van der Waals surface area (Å²) in [5.41, 5.74) is 2.10. The van der Waals surface area contributed by atoms with Crippen LogP contribution in [-0.2, 0) is 11.8 Å². The standard InChI is InChI=1S/C9H9BrN2O/c1-12-9(8(10)5-11-12)6-2-3-7(13)4-6/h4-5H,2-3H2,1H3. The fourth-order valence-corrected chi connectivity index (χ4v) is 2.16. The molecule has 0 fully saturated rings. The molecular weight excluding hydrogens is 232 g/mol. The van der Waals surface area contributed by atoms with Crippen molar-refractivity contribution >= 4 is 27.3 Å². The fourth-order valence-electron chi connectivity index (χ4n) is 1.56. The van der Waals surface area contributed by atoms with Crippen LogP contribution in [0.15, 0.2) is 16.7 Å². The van der Waals surface area contributed by atoms with Crippen LogP contribution in [0.4, 0.5) is 0 Å². The lowest BCUT2D eigenvalue weighted by Crippen LogP contribution is -1.96. The summed E-state index contributed by atoms with van der Waals surface area (Å²) in [6.45, 7) is 0. The van der Waals surface area contributed by atoms with E-state index >= 15 is 0 Å². The molecule has 0 bridgehead atoms. The molecule has 1 aliphatic carbocycles. The predicted molar refractivity (Wildman–Crippen MR) is 53.1 cm³/mol. The van der Waals surface area contributed by atoms with Crippen molar-refractivity contribution in [2.24, 2.45) is 7.05 Å². The molecule has 68 valence electrons. The zero-order valence-electron chi connectivity index (χ0n) is 7.25. The summed E-state index contributed by atoms with van der Waals surface area (Å²) < 4.78 is 2.74. The van der Waals surface area contributed by atoms with Gasteiger partial charge in [0.25, 0.3) is 0 Å². The molecule has 2 rings (SSSR count). The van der Waals surface area contributed by atoms with Crippen molar-refractivity contribution in [3.8, 4) is 0 Å². The van der Waals surface area contributed by atoms with Crippen molar-refractivity contribution in [3.05, 3.63) is 22.4 Å². The molecular formula is C9H9BrN2O. The van der Waals surface area contributed by atoms with Gasteiger partial charge in [0.15, 0.2) is 5.78 Å². The van der Waals surface area contributed by atoms with E-state index in [1.165, 1.54) is 0 Å². The number of aromatic nitrogens is 2. The Hall–Kier alpha value is -0.900. The minimum absolute atomic E-state index is 0.211. The average molecular weight is 241 g/mol. The first kappa shape index (κ1) is 8.69. The summed E-state index contributed by atoms with van der Waals surface area (Å²) in [6, 6.07) is 0. The first-order valence-electron chi connectivity index (χ1n) is 4.10. The molecule has 0 radical (unpaired) electrons. The summed E-state index contributed by atoms with van der Waals surface area (Å²) in [5.74, 6) is 0.211. The molecule has 3 nitrogen and oxygen atoms in total. The normalized spacial score (nSPS) is 16.5. The molecule has 4 heteroatoms. The van der Waals surface area contributed by atoms with E-state index in [2.05, 4.69) is 21.0 Å². The third-order valence-electron chi connectivity index (χ3n) is 2.17. The highest BCUT2D eigenvalue weighted by molar-refractivity contribution is 9.10. The first-order chi connectivity index (χ1) is 6.18. The minimum Gasteiger partial charge on any atom is -0.295 e. The van der Waals surface area contributed by atoms with Crippen molar-refractivity contribution in [3.63, 3.8) is 0 Å². The van der Waals surface area contributed by atoms with Gasteiger partial charge >= 0.3 is 0 Å². The van der Waals surface area contributed by atoms with E-state index in [0.717, 1.165) is 22.2 Å². The van der Waals surface area contributed by atoms with E-state index in [1.54, 1.807) is 17.0 Å². The Balaban J connectivity index is 2.46. The number of allylic oxidation sites excluding steroid dienone is 2. The highest BCUT2D eigenvalue weighted by Crippen LogP contribution is 2.30. The zero-order valence-corrected chi connectivity index (χ0v) is 8.84. The predicted octanol–water partition coefficient (Wildman–Crippen LogP) is 1.93. The molecule has 0 saturated carbocycles. The third-order valence-corrected chi connectivity index (χ3v) is 2.75. The lowest BCUT2D eigenvalue weighted by atomic mass is 10.2. The molecule has 0 amide bonds. The monoisotopic (exact) mass is 240 g/mol. The van der Waals surface area contributed by atoms with Gasteiger partial charge in [0.05, 0.1) is 16.4 Å². The van der Waals surface area contributed by atoms with Crippen molar-refractivity contribution in [1.82, 2.24) is 9.78 Å². The maximum absolute atomic E-state index is 11.0. The van der Waals surface area contributed by atoms with Crippen molar-refractivity contribution in [2.75, 3.05) is 0 Å². The number of hydrogen-bond acceptors (Lipinski definition) is 2. The van der Waals surface area contributed by atoms with Crippen LogP contribution in [0.5, 0.6) is 0 Å². The molecule has 0 aliphatic heterocycles. The number of nitrogens with zero attached hydrogens (tertiary/aromatic N) is 2. The molecule has 0 spiro atoms. The minimum atomic E-state index is 0.211. The summed E-state index contributed by atoms with van der Waals surface area (Å²) in [7, 11) is 1.88. The van der Waals surface area contributed by atoms with E-state index in [1.807, 2.05) is 7.05 Å². The number of ketones is 1. The molecule has 0 N–H and O–H groups in total. The van der Waals surface area contributed by atoms with Gasteiger partial charge in [0, 0.05) is 13.5 Å². The Morgan fingerprint density at radius 2 is 2.31 bits per heavy atom. The topological polar surface area (TPSA) is 34.9 Å². The van der Waals surface area contributed by atoms with Crippen molar-refractivity contribution < 1.29 is 4.79 Å². The lowest BCUT2D eigenvalue weighted by molar-refractivity contribution is -0.114. The van der Waals surface area contributed by atoms with Gasteiger partial charge in [-0.25, -0.2) is 0 Å². The lowest BCUT2D eigenvalue weighted by Gasteiger charge is -2.02. The summed E-state index contributed by atoms with van der Waals surface area (Å²) in [5, 5.41) is 4.10. The van der Waals surface area contributed by atoms with Gasteiger partial charge in [-0.05, 0) is 34.0 Å². The molecule has 1 heterocycles. The van der Waals surface area contributed by atoms with Gasteiger partial charge in [-0.1, -0.05) is 0 Å². The molecule has 0 unspecified atom stereocenters. The second-order valence-corrected chi connectivity index (χ2v) is 3.95. The highest BCUT2D eigenvalue weighted by Gasteiger charge is 2.18. The number of aryl methyl sites for hydroxylation is 1. The molecule has 1 aliphatic rings. The summed E-state index contributed by atoms with van der Waals surface area (Å²) in [6.07, 6.45) is 4.92. The van der Waals surface area contributed by atoms with Crippen LogP contribution in [0.1, 0.15) is 18.5 Å². The number of carbonyl (C=O) groups is 1. The van der Waals surface area contributed by atoms with Crippen LogP contribution in [-0.4, -0.2) is 15.6 Å². The maximum atomic E-state index is 11.0. The Kier molecular flexibility index (Phi) is 2.07. The number of hydrogen-bond donors (Lipinski definition) is 0. The van der Waals surface area contributed by atoms with Gasteiger partial charge in [-0.15, -0.1) is 0 Å². The van der Waals surface area contributed by atoms with E-state index < -0.39 is 0 Å². The number of carbonyl (C=O) groups excluding carboxylic acids is 1. The van der Waals surface area contributed by atoms with Crippen LogP contribution in [0.2, 0.25) is 0 Å². The quantitative estimate of drug-likeness (QED) is 0.752. The second-order valence-electron chi connectivity index (χ2n) is 3.10. The Morgan fingerprint density at radius 1 is 1.54 bits per heavy atom.